The molecule has 0 atom stereocenters. The molecule has 1 aromatic carbocycles. The number of nitrogens with two attached hydrogens (primary N) is 1. The summed E-state index contributed by atoms with van der Waals surface area (Å²) in [5.74, 6) is -1.11. The van der Waals surface area contributed by atoms with Crippen LogP contribution in [0, 0.1) is 5.82 Å². The molecule has 0 heterocycles. The summed E-state index contributed by atoms with van der Waals surface area (Å²) >= 11 is 0. The van der Waals surface area contributed by atoms with Gasteiger partial charge in [0.15, 0.2) is 0 Å². The van der Waals surface area contributed by atoms with E-state index < -0.39 is 30.8 Å². The zero-order valence-corrected chi connectivity index (χ0v) is 9.77. The second kappa shape index (κ2) is 4.00. The summed E-state index contributed by atoms with van der Waals surface area (Å²) in [6.45, 7) is 0. The molecule has 0 aromatic heterocycles. The molecule has 0 unspecified atom stereocenters. The van der Waals surface area contributed by atoms with Crippen molar-refractivity contribution in [2.75, 3.05) is 11.0 Å². The maximum absolute atomic E-state index is 13.2. The van der Waals surface area contributed by atoms with E-state index in [1.807, 2.05) is 4.72 Å². The third-order valence-electron chi connectivity index (χ3n) is 1.54. The third kappa shape index (κ3) is 3.43. The predicted molar refractivity (Wildman–Crippen MR) is 56.2 cm³/mol. The van der Waals surface area contributed by atoms with Gasteiger partial charge in [0, 0.05) is 0 Å². The highest BCUT2D eigenvalue weighted by atomic mass is 32.2. The average Bonchev–Trinajstić information content (AvgIpc) is 1.97. The molecule has 0 aliphatic rings. The number of hydrogen-bond acceptors (Lipinski definition) is 4. The fraction of sp³-hybridized carbons (Fsp3) is 0.143. The van der Waals surface area contributed by atoms with Gasteiger partial charge in [0.25, 0.3) is 0 Å². The fourth-order valence-electron chi connectivity index (χ4n) is 1.01. The van der Waals surface area contributed by atoms with Crippen LogP contribution in [0.4, 0.5) is 10.1 Å². The minimum absolute atomic E-state index is 0.0765. The quantitative estimate of drug-likeness (QED) is 0.794. The highest BCUT2D eigenvalue weighted by Crippen LogP contribution is 2.18. The van der Waals surface area contributed by atoms with Gasteiger partial charge in [0.05, 0.1) is 11.9 Å². The Kier molecular flexibility index (Phi) is 3.22. The molecule has 0 saturated heterocycles. The number of anilines is 1. The van der Waals surface area contributed by atoms with Crippen LogP contribution in [0.3, 0.4) is 0 Å². The van der Waals surface area contributed by atoms with Crippen LogP contribution >= 0.6 is 0 Å². The Bertz CT molecular complexity index is 609. The van der Waals surface area contributed by atoms with Gasteiger partial charge in [0.2, 0.25) is 20.0 Å². The maximum atomic E-state index is 13.2. The minimum atomic E-state index is -4.15. The second-order valence-electron chi connectivity index (χ2n) is 3.06. The van der Waals surface area contributed by atoms with Crippen molar-refractivity contribution in [1.82, 2.24) is 0 Å². The van der Waals surface area contributed by atoms with Crippen molar-refractivity contribution in [3.8, 4) is 0 Å². The Morgan fingerprint density at radius 3 is 2.19 bits per heavy atom. The summed E-state index contributed by atoms with van der Waals surface area (Å²) in [5.41, 5.74) is -0.0765. The van der Waals surface area contributed by atoms with E-state index in [2.05, 4.69) is 0 Å². The van der Waals surface area contributed by atoms with Gasteiger partial charge in [-0.3, -0.25) is 4.72 Å². The molecule has 3 N–H and O–H groups in total. The van der Waals surface area contributed by atoms with E-state index in [1.165, 1.54) is 0 Å². The molecular weight excluding hydrogens is 259 g/mol. The highest BCUT2D eigenvalue weighted by Gasteiger charge is 2.15. The summed E-state index contributed by atoms with van der Waals surface area (Å²) in [6, 6.07) is 2.73. The van der Waals surface area contributed by atoms with E-state index in [4.69, 9.17) is 5.14 Å². The number of nitrogens with one attached hydrogen (secondary N) is 1. The van der Waals surface area contributed by atoms with Crippen molar-refractivity contribution in [3.05, 3.63) is 24.0 Å². The lowest BCUT2D eigenvalue weighted by atomic mass is 10.3. The average molecular weight is 268 g/mol. The lowest BCUT2D eigenvalue weighted by Gasteiger charge is -2.05. The molecule has 90 valence electrons. The molecule has 1 aromatic rings. The Morgan fingerprint density at radius 1 is 1.25 bits per heavy atom. The van der Waals surface area contributed by atoms with Gasteiger partial charge < -0.3 is 0 Å². The summed E-state index contributed by atoms with van der Waals surface area (Å²) in [5, 5.41) is 4.73. The van der Waals surface area contributed by atoms with Crippen LogP contribution < -0.4 is 9.86 Å². The smallest absolute Gasteiger partial charge is 0.240 e. The zero-order chi connectivity index (χ0) is 12.6. The van der Waals surface area contributed by atoms with Crippen LogP contribution in [0.15, 0.2) is 23.1 Å². The molecule has 0 aliphatic carbocycles. The summed E-state index contributed by atoms with van der Waals surface area (Å²) in [6.07, 6.45) is 0.887. The minimum Gasteiger partial charge on any atom is -0.284 e. The standard InChI is InChI=1S/C7H9FN2O4S2/c1-15(11,12)10-5-2-3-7(6(8)4-5)16(9,13)14/h2-4,10H,1H3,(H2,9,13,14). The largest absolute Gasteiger partial charge is 0.284 e. The molecule has 0 saturated carbocycles. The van der Waals surface area contributed by atoms with Gasteiger partial charge in [0.1, 0.15) is 10.7 Å². The van der Waals surface area contributed by atoms with E-state index >= 15 is 0 Å². The number of benzene rings is 1. The van der Waals surface area contributed by atoms with Crippen molar-refractivity contribution in [3.63, 3.8) is 0 Å². The van der Waals surface area contributed by atoms with E-state index in [9.17, 15) is 21.2 Å². The van der Waals surface area contributed by atoms with Crippen LogP contribution in [-0.2, 0) is 20.0 Å². The Morgan fingerprint density at radius 2 is 1.81 bits per heavy atom. The second-order valence-corrected chi connectivity index (χ2v) is 6.34. The first kappa shape index (κ1) is 12.9. The molecule has 9 heteroatoms. The summed E-state index contributed by atoms with van der Waals surface area (Å²) in [4.78, 5) is -0.688. The number of rotatable bonds is 3. The Hall–Kier alpha value is -1.19. The van der Waals surface area contributed by atoms with Crippen LogP contribution in [0.25, 0.3) is 0 Å². The van der Waals surface area contributed by atoms with Crippen molar-refractivity contribution >= 4 is 25.7 Å². The van der Waals surface area contributed by atoms with Gasteiger partial charge >= 0.3 is 0 Å². The van der Waals surface area contributed by atoms with Crippen molar-refractivity contribution < 1.29 is 21.2 Å². The van der Waals surface area contributed by atoms with Gasteiger partial charge in [-0.15, -0.1) is 0 Å². The highest BCUT2D eigenvalue weighted by molar-refractivity contribution is 7.92. The third-order valence-corrected chi connectivity index (χ3v) is 3.09. The monoisotopic (exact) mass is 268 g/mol. The molecule has 6 nitrogen and oxygen atoms in total. The molecule has 0 fully saturated rings. The number of sulfonamides is 2. The number of halogens is 1. The SMILES string of the molecule is CS(=O)(=O)Nc1ccc(S(N)(=O)=O)c(F)c1. The molecule has 0 amide bonds. The Labute approximate surface area is 92.4 Å². The topological polar surface area (TPSA) is 106 Å². The molecule has 0 aliphatic heterocycles. The van der Waals surface area contributed by atoms with Gasteiger partial charge in [-0.05, 0) is 18.2 Å². The first-order chi connectivity index (χ1) is 7.09. The predicted octanol–water partition coefficient (Wildman–Crippen LogP) is -0.155. The van der Waals surface area contributed by atoms with E-state index in [1.54, 1.807) is 0 Å². The lowest BCUT2D eigenvalue weighted by Crippen LogP contribution is -2.15. The van der Waals surface area contributed by atoms with Crippen LogP contribution in [0.2, 0.25) is 0 Å². The van der Waals surface area contributed by atoms with Crippen LogP contribution in [-0.4, -0.2) is 23.1 Å². The number of primary sulfonamides is 1. The molecule has 0 radical (unpaired) electrons. The Balaban J connectivity index is 3.20. The first-order valence-corrected chi connectivity index (χ1v) is 7.33. The van der Waals surface area contributed by atoms with Gasteiger partial charge in [-0.25, -0.2) is 26.4 Å². The van der Waals surface area contributed by atoms with Gasteiger partial charge in [-0.2, -0.15) is 0 Å². The maximum Gasteiger partial charge on any atom is 0.240 e. The van der Waals surface area contributed by atoms with Crippen molar-refractivity contribution in [1.29, 1.82) is 0 Å². The normalized spacial score (nSPS) is 12.4. The van der Waals surface area contributed by atoms with Crippen molar-refractivity contribution in [2.24, 2.45) is 5.14 Å². The summed E-state index contributed by atoms with van der Waals surface area (Å²) < 4.78 is 58.6. The molecule has 0 spiro atoms. The fourth-order valence-corrected chi connectivity index (χ4v) is 2.15. The number of hydrogen-bond donors (Lipinski definition) is 2. The van der Waals surface area contributed by atoms with Crippen LogP contribution in [0.1, 0.15) is 0 Å². The van der Waals surface area contributed by atoms with E-state index in [0.717, 1.165) is 24.5 Å². The lowest BCUT2D eigenvalue weighted by molar-refractivity contribution is 0.568. The molecular formula is C7H9FN2O4S2. The van der Waals surface area contributed by atoms with Gasteiger partial charge in [-0.1, -0.05) is 0 Å². The zero-order valence-electron chi connectivity index (χ0n) is 8.14. The molecule has 0 bridgehead atoms. The molecule has 1 rings (SSSR count). The summed E-state index contributed by atoms with van der Waals surface area (Å²) in [7, 11) is -7.69. The van der Waals surface area contributed by atoms with E-state index in [-0.39, 0.29) is 5.69 Å². The molecule has 16 heavy (non-hydrogen) atoms. The van der Waals surface area contributed by atoms with Crippen molar-refractivity contribution in [2.45, 2.75) is 4.90 Å². The first-order valence-electron chi connectivity index (χ1n) is 3.90. The van der Waals surface area contributed by atoms with Crippen LogP contribution in [0.5, 0.6) is 0 Å². The van der Waals surface area contributed by atoms with E-state index in [0.29, 0.717) is 0 Å².